The molecule has 0 aliphatic heterocycles. The summed E-state index contributed by atoms with van der Waals surface area (Å²) < 4.78 is 0. The number of carbonyl (C=O) groups excluding carboxylic acids is 2. The van der Waals surface area contributed by atoms with Crippen molar-refractivity contribution in [2.75, 3.05) is 18.1 Å². The van der Waals surface area contributed by atoms with E-state index in [1.807, 2.05) is 25.1 Å². The van der Waals surface area contributed by atoms with Crippen molar-refractivity contribution in [3.05, 3.63) is 35.9 Å². The minimum Gasteiger partial charge on any atom is -0.480 e. The normalized spacial score (nSPS) is 11.6. The number of hydrogen-bond acceptors (Lipinski definition) is 4. The summed E-state index contributed by atoms with van der Waals surface area (Å²) in [5.41, 5.74) is 0.632. The van der Waals surface area contributed by atoms with Crippen LogP contribution in [0.15, 0.2) is 30.3 Å². The molecule has 3 N–H and O–H groups in total. The van der Waals surface area contributed by atoms with Gasteiger partial charge in [-0.1, -0.05) is 31.5 Å². The Labute approximate surface area is 159 Å². The Morgan fingerprint density at radius 1 is 1.12 bits per heavy atom. The molecule has 144 valence electrons. The third-order valence-corrected chi connectivity index (χ3v) is 4.72. The van der Waals surface area contributed by atoms with E-state index in [1.165, 1.54) is 0 Å². The molecule has 6 nitrogen and oxygen atoms in total. The summed E-state index contributed by atoms with van der Waals surface area (Å²) in [5, 5.41) is 14.6. The number of aliphatic carboxylic acids is 1. The van der Waals surface area contributed by atoms with Gasteiger partial charge in [0, 0.05) is 18.5 Å². The third-order valence-electron chi connectivity index (χ3n) is 3.79. The van der Waals surface area contributed by atoms with Crippen molar-refractivity contribution in [1.82, 2.24) is 10.6 Å². The minimum absolute atomic E-state index is 0.0995. The van der Waals surface area contributed by atoms with Gasteiger partial charge in [-0.3, -0.25) is 9.59 Å². The molecule has 1 aromatic carbocycles. The number of benzene rings is 1. The fourth-order valence-electron chi connectivity index (χ4n) is 2.35. The first kappa shape index (κ1) is 22.0. The molecule has 0 saturated heterocycles. The van der Waals surface area contributed by atoms with Crippen molar-refractivity contribution in [3.63, 3.8) is 0 Å². The summed E-state index contributed by atoms with van der Waals surface area (Å²) >= 11 is 1.66. The van der Waals surface area contributed by atoms with Gasteiger partial charge in [-0.05, 0) is 42.9 Å². The number of thioether (sulfide) groups is 1. The fourth-order valence-corrected chi connectivity index (χ4v) is 3.04. The highest BCUT2D eigenvalue weighted by atomic mass is 32.2. The summed E-state index contributed by atoms with van der Waals surface area (Å²) in [5.74, 6) is 0.333. The number of carboxylic acids is 1. The molecule has 0 fully saturated rings. The molecule has 1 atom stereocenters. The maximum absolute atomic E-state index is 11.9. The standard InChI is InChI=1S/C19H28N2O4S/c1-2-26-14-12-16(19(24)25)21-17(22)11-7-4-8-13-20-18(23)15-9-5-3-6-10-15/h3,5-6,9-10,16H,2,4,7-8,11-14H2,1H3,(H,20,23)(H,21,22)(H,24,25). The first-order valence-corrected chi connectivity index (χ1v) is 10.1. The number of amides is 2. The molecule has 1 unspecified atom stereocenters. The average Bonchev–Trinajstić information content (AvgIpc) is 2.64. The smallest absolute Gasteiger partial charge is 0.326 e. The number of rotatable bonds is 13. The van der Waals surface area contributed by atoms with Gasteiger partial charge in [-0.2, -0.15) is 11.8 Å². The van der Waals surface area contributed by atoms with E-state index in [2.05, 4.69) is 10.6 Å². The van der Waals surface area contributed by atoms with Crippen LogP contribution in [0.2, 0.25) is 0 Å². The summed E-state index contributed by atoms with van der Waals surface area (Å²) in [7, 11) is 0. The monoisotopic (exact) mass is 380 g/mol. The van der Waals surface area contributed by atoms with Crippen LogP contribution in [0.4, 0.5) is 0 Å². The molecule has 1 rings (SSSR count). The summed E-state index contributed by atoms with van der Waals surface area (Å²) in [6.45, 7) is 2.57. The maximum atomic E-state index is 11.9. The van der Waals surface area contributed by atoms with Gasteiger partial charge in [0.15, 0.2) is 0 Å². The molecule has 0 radical (unpaired) electrons. The van der Waals surface area contributed by atoms with E-state index in [9.17, 15) is 14.4 Å². The molecule has 2 amide bonds. The minimum atomic E-state index is -0.987. The van der Waals surface area contributed by atoms with E-state index in [0.29, 0.717) is 31.4 Å². The number of carbonyl (C=O) groups is 3. The van der Waals surface area contributed by atoms with Crippen LogP contribution in [0, 0.1) is 0 Å². The van der Waals surface area contributed by atoms with Gasteiger partial charge >= 0.3 is 5.97 Å². The number of hydrogen-bond donors (Lipinski definition) is 3. The van der Waals surface area contributed by atoms with Crippen molar-refractivity contribution in [1.29, 1.82) is 0 Å². The van der Waals surface area contributed by atoms with Crippen LogP contribution in [0.5, 0.6) is 0 Å². The fraction of sp³-hybridized carbons (Fsp3) is 0.526. The second-order valence-electron chi connectivity index (χ2n) is 5.88. The summed E-state index contributed by atoms with van der Waals surface area (Å²) in [6.07, 6.45) is 2.98. The zero-order chi connectivity index (χ0) is 19.2. The molecule has 26 heavy (non-hydrogen) atoms. The first-order valence-electron chi connectivity index (χ1n) is 8.97. The van der Waals surface area contributed by atoms with Crippen LogP contribution >= 0.6 is 11.8 Å². The highest BCUT2D eigenvalue weighted by molar-refractivity contribution is 7.99. The van der Waals surface area contributed by atoms with Crippen molar-refractivity contribution in [3.8, 4) is 0 Å². The Morgan fingerprint density at radius 2 is 1.85 bits per heavy atom. The lowest BCUT2D eigenvalue weighted by molar-refractivity contribution is -0.141. The average molecular weight is 381 g/mol. The Balaban J connectivity index is 2.13. The Bertz CT molecular complexity index is 566. The molecule has 0 aliphatic carbocycles. The lowest BCUT2D eigenvalue weighted by Crippen LogP contribution is -2.41. The van der Waals surface area contributed by atoms with Gasteiger partial charge in [-0.15, -0.1) is 0 Å². The number of carboxylic acid groups (broad SMARTS) is 1. The second kappa shape index (κ2) is 13.2. The molecule has 0 saturated carbocycles. The lowest BCUT2D eigenvalue weighted by Gasteiger charge is -2.14. The zero-order valence-electron chi connectivity index (χ0n) is 15.2. The third kappa shape index (κ3) is 9.46. The van der Waals surface area contributed by atoms with E-state index in [0.717, 1.165) is 24.3 Å². The molecule has 0 aromatic heterocycles. The van der Waals surface area contributed by atoms with Crippen LogP contribution in [0.3, 0.4) is 0 Å². The van der Waals surface area contributed by atoms with Gasteiger partial charge in [0.25, 0.3) is 5.91 Å². The van der Waals surface area contributed by atoms with Crippen molar-refractivity contribution in [2.45, 2.75) is 45.1 Å². The highest BCUT2D eigenvalue weighted by Gasteiger charge is 2.19. The van der Waals surface area contributed by atoms with E-state index >= 15 is 0 Å². The first-order chi connectivity index (χ1) is 12.5. The van der Waals surface area contributed by atoms with Crippen LogP contribution in [-0.4, -0.2) is 47.0 Å². The molecule has 0 aliphatic rings. The largest absolute Gasteiger partial charge is 0.480 e. The van der Waals surface area contributed by atoms with Crippen molar-refractivity contribution >= 4 is 29.5 Å². The van der Waals surface area contributed by atoms with E-state index in [1.54, 1.807) is 23.9 Å². The quantitative estimate of drug-likeness (QED) is 0.457. The SMILES string of the molecule is CCSCCC(NC(=O)CCCCCNC(=O)c1ccccc1)C(=O)O. The van der Waals surface area contributed by atoms with E-state index in [-0.39, 0.29) is 11.8 Å². The molecular weight excluding hydrogens is 352 g/mol. The van der Waals surface area contributed by atoms with Gasteiger partial charge in [0.1, 0.15) is 6.04 Å². The van der Waals surface area contributed by atoms with Gasteiger partial charge in [0.05, 0.1) is 0 Å². The molecule has 7 heteroatoms. The Kier molecular flexibility index (Phi) is 11.2. The van der Waals surface area contributed by atoms with E-state index in [4.69, 9.17) is 5.11 Å². The van der Waals surface area contributed by atoms with Crippen LogP contribution < -0.4 is 10.6 Å². The van der Waals surface area contributed by atoms with Crippen LogP contribution in [-0.2, 0) is 9.59 Å². The van der Waals surface area contributed by atoms with Crippen molar-refractivity contribution < 1.29 is 19.5 Å². The van der Waals surface area contributed by atoms with Crippen LogP contribution in [0.1, 0.15) is 49.4 Å². The maximum Gasteiger partial charge on any atom is 0.326 e. The summed E-state index contributed by atoms with van der Waals surface area (Å²) in [6, 6.07) is 8.21. The van der Waals surface area contributed by atoms with Crippen LogP contribution in [0.25, 0.3) is 0 Å². The number of nitrogens with one attached hydrogen (secondary N) is 2. The molecule has 0 bridgehead atoms. The van der Waals surface area contributed by atoms with Gasteiger partial charge in [0.2, 0.25) is 5.91 Å². The van der Waals surface area contributed by atoms with Crippen molar-refractivity contribution in [2.24, 2.45) is 0 Å². The predicted octanol–water partition coefficient (Wildman–Crippen LogP) is 2.69. The predicted molar refractivity (Wildman–Crippen MR) is 104 cm³/mol. The lowest BCUT2D eigenvalue weighted by atomic mass is 10.1. The Hall–Kier alpha value is -2.02. The van der Waals surface area contributed by atoms with E-state index < -0.39 is 12.0 Å². The Morgan fingerprint density at radius 3 is 2.50 bits per heavy atom. The molecule has 1 aromatic rings. The summed E-state index contributed by atoms with van der Waals surface area (Å²) in [4.78, 5) is 34.9. The highest BCUT2D eigenvalue weighted by Crippen LogP contribution is 2.06. The topological polar surface area (TPSA) is 95.5 Å². The van der Waals surface area contributed by atoms with Gasteiger partial charge in [-0.25, -0.2) is 4.79 Å². The van der Waals surface area contributed by atoms with Gasteiger partial charge < -0.3 is 15.7 Å². The molecule has 0 heterocycles. The molecule has 0 spiro atoms. The molecular formula is C19H28N2O4S. The number of unbranched alkanes of at least 4 members (excludes halogenated alkanes) is 2. The second-order valence-corrected chi connectivity index (χ2v) is 7.27. The zero-order valence-corrected chi connectivity index (χ0v) is 16.0.